The number of aryl methyl sites for hydroxylation is 1. The summed E-state index contributed by atoms with van der Waals surface area (Å²) in [5.74, 6) is -0.0771. The minimum Gasteiger partial charge on any atom is -0.495 e. The number of nitrogens with zero attached hydrogens (tertiary/aromatic N) is 1. The van der Waals surface area contributed by atoms with Crippen LogP contribution in [0.2, 0.25) is 0 Å². The number of hydrogen-bond donors (Lipinski definition) is 1. The molecule has 1 fully saturated rings. The average molecular weight is 403 g/mol. The number of ether oxygens (including phenoxy) is 1. The van der Waals surface area contributed by atoms with Crippen molar-refractivity contribution in [2.75, 3.05) is 20.2 Å². The number of carbonyl (C=O) groups is 1. The van der Waals surface area contributed by atoms with Crippen LogP contribution < -0.4 is 10.1 Å². The van der Waals surface area contributed by atoms with Gasteiger partial charge in [0.25, 0.3) is 5.91 Å². The Hall–Kier alpha value is -2.38. The highest BCUT2D eigenvalue weighted by Gasteiger charge is 2.30. The van der Waals surface area contributed by atoms with Gasteiger partial charge >= 0.3 is 0 Å². The van der Waals surface area contributed by atoms with E-state index in [1.165, 1.54) is 23.5 Å². The molecule has 6 nitrogen and oxygen atoms in total. The molecule has 2 aromatic carbocycles. The summed E-state index contributed by atoms with van der Waals surface area (Å²) in [5, 5.41) is 2.95. The third-order valence-electron chi connectivity index (χ3n) is 5.11. The lowest BCUT2D eigenvalue weighted by Gasteiger charge is -2.19. The molecule has 0 aliphatic carbocycles. The van der Waals surface area contributed by atoms with E-state index < -0.39 is 10.0 Å². The van der Waals surface area contributed by atoms with Crippen molar-refractivity contribution in [1.29, 1.82) is 0 Å². The fourth-order valence-electron chi connectivity index (χ4n) is 3.52. The van der Waals surface area contributed by atoms with Crippen molar-refractivity contribution in [3.8, 4) is 5.75 Å². The summed E-state index contributed by atoms with van der Waals surface area (Å²) in [6.07, 6.45) is 1.69. The van der Waals surface area contributed by atoms with E-state index in [1.54, 1.807) is 6.07 Å². The standard InChI is InChI=1S/C21H26N2O4S/c1-15-8-4-5-9-18(15)16(2)22-21(24)17-10-11-19(27-3)20(14-17)28(25,26)23-12-6-7-13-23/h4-5,8-11,14,16H,6-7,12-13H2,1-3H3,(H,22,24)/t16-/m0/s1. The van der Waals surface area contributed by atoms with Gasteiger partial charge in [-0.2, -0.15) is 4.31 Å². The van der Waals surface area contributed by atoms with Gasteiger partial charge in [-0.25, -0.2) is 8.42 Å². The molecule has 1 atom stereocenters. The van der Waals surface area contributed by atoms with Crippen molar-refractivity contribution in [3.05, 3.63) is 59.2 Å². The SMILES string of the molecule is COc1ccc(C(=O)N[C@@H](C)c2ccccc2C)cc1S(=O)(=O)N1CCCC1. The van der Waals surface area contributed by atoms with Gasteiger partial charge < -0.3 is 10.1 Å². The molecule has 1 N–H and O–H groups in total. The lowest BCUT2D eigenvalue weighted by molar-refractivity contribution is 0.0939. The number of hydrogen-bond acceptors (Lipinski definition) is 4. The van der Waals surface area contributed by atoms with Crippen molar-refractivity contribution < 1.29 is 17.9 Å². The Morgan fingerprint density at radius 1 is 1.14 bits per heavy atom. The minimum absolute atomic E-state index is 0.0353. The Morgan fingerprint density at radius 3 is 2.46 bits per heavy atom. The zero-order valence-electron chi connectivity index (χ0n) is 16.4. The van der Waals surface area contributed by atoms with Crippen LogP contribution in [0.25, 0.3) is 0 Å². The quantitative estimate of drug-likeness (QED) is 0.805. The second kappa shape index (κ2) is 8.32. The maximum absolute atomic E-state index is 13.0. The van der Waals surface area contributed by atoms with Crippen molar-refractivity contribution >= 4 is 15.9 Å². The topological polar surface area (TPSA) is 75.7 Å². The van der Waals surface area contributed by atoms with E-state index in [2.05, 4.69) is 5.32 Å². The number of nitrogens with one attached hydrogen (secondary N) is 1. The van der Waals surface area contributed by atoms with Crippen molar-refractivity contribution in [1.82, 2.24) is 9.62 Å². The monoisotopic (exact) mass is 402 g/mol. The van der Waals surface area contributed by atoms with Crippen molar-refractivity contribution in [3.63, 3.8) is 0 Å². The Kier molecular flexibility index (Phi) is 6.05. The van der Waals surface area contributed by atoms with Gasteiger partial charge in [0.15, 0.2) is 0 Å². The lowest BCUT2D eigenvalue weighted by Crippen LogP contribution is -2.30. The molecule has 1 aliphatic heterocycles. The Bertz CT molecular complexity index is 966. The van der Waals surface area contributed by atoms with Crippen molar-refractivity contribution in [2.24, 2.45) is 0 Å². The lowest BCUT2D eigenvalue weighted by atomic mass is 10.0. The molecule has 2 aromatic rings. The number of benzene rings is 2. The van der Waals surface area contributed by atoms with E-state index in [0.29, 0.717) is 18.7 Å². The molecule has 0 spiro atoms. The van der Waals surface area contributed by atoms with Crippen LogP contribution in [0.4, 0.5) is 0 Å². The van der Waals surface area contributed by atoms with Crippen LogP contribution in [0.15, 0.2) is 47.4 Å². The fourth-order valence-corrected chi connectivity index (χ4v) is 5.22. The third kappa shape index (κ3) is 4.05. The zero-order chi connectivity index (χ0) is 20.3. The van der Waals surface area contributed by atoms with Crippen LogP contribution in [0.1, 0.15) is 47.3 Å². The molecule has 1 saturated heterocycles. The van der Waals surface area contributed by atoms with E-state index in [9.17, 15) is 13.2 Å². The summed E-state index contributed by atoms with van der Waals surface area (Å²) in [6, 6.07) is 12.2. The normalized spacial score (nSPS) is 16.0. The largest absolute Gasteiger partial charge is 0.495 e. The van der Waals surface area contributed by atoms with E-state index in [0.717, 1.165) is 24.0 Å². The van der Waals surface area contributed by atoms with E-state index in [-0.39, 0.29) is 22.6 Å². The summed E-state index contributed by atoms with van der Waals surface area (Å²) in [6.45, 7) is 4.89. The molecular weight excluding hydrogens is 376 g/mol. The predicted molar refractivity (Wildman–Crippen MR) is 108 cm³/mol. The highest BCUT2D eigenvalue weighted by atomic mass is 32.2. The fraction of sp³-hybridized carbons (Fsp3) is 0.381. The molecule has 3 rings (SSSR count). The number of rotatable bonds is 6. The van der Waals surface area contributed by atoms with Gasteiger partial charge in [-0.15, -0.1) is 0 Å². The molecule has 0 bridgehead atoms. The highest BCUT2D eigenvalue weighted by molar-refractivity contribution is 7.89. The molecule has 0 unspecified atom stereocenters. The first-order valence-electron chi connectivity index (χ1n) is 9.39. The number of methoxy groups -OCH3 is 1. The molecule has 150 valence electrons. The summed E-state index contributed by atoms with van der Waals surface area (Å²) in [4.78, 5) is 12.8. The van der Waals surface area contributed by atoms with Gasteiger partial charge in [0, 0.05) is 18.7 Å². The molecule has 7 heteroatoms. The third-order valence-corrected chi connectivity index (χ3v) is 7.03. The molecule has 28 heavy (non-hydrogen) atoms. The first-order valence-corrected chi connectivity index (χ1v) is 10.8. The molecular formula is C21H26N2O4S. The van der Waals surface area contributed by atoms with E-state index in [1.807, 2.05) is 38.1 Å². The Morgan fingerprint density at radius 2 is 1.82 bits per heavy atom. The average Bonchev–Trinajstić information content (AvgIpc) is 3.23. The minimum atomic E-state index is -3.70. The van der Waals surface area contributed by atoms with Crippen LogP contribution in [0, 0.1) is 6.92 Å². The second-order valence-corrected chi connectivity index (χ2v) is 8.93. The van der Waals surface area contributed by atoms with Crippen molar-refractivity contribution in [2.45, 2.75) is 37.6 Å². The molecule has 0 aromatic heterocycles. The number of sulfonamides is 1. The zero-order valence-corrected chi connectivity index (χ0v) is 17.3. The van der Waals surface area contributed by atoms with Crippen LogP contribution in [-0.2, 0) is 10.0 Å². The van der Waals surface area contributed by atoms with Gasteiger partial charge in [0.05, 0.1) is 13.2 Å². The van der Waals surface area contributed by atoms with Crippen LogP contribution in [0.5, 0.6) is 5.75 Å². The summed E-state index contributed by atoms with van der Waals surface area (Å²) in [7, 11) is -2.27. The van der Waals surface area contributed by atoms with Gasteiger partial charge in [0.1, 0.15) is 10.6 Å². The molecule has 1 aliphatic rings. The molecule has 0 radical (unpaired) electrons. The summed E-state index contributed by atoms with van der Waals surface area (Å²) >= 11 is 0. The first kappa shape index (κ1) is 20.4. The maximum atomic E-state index is 13.0. The second-order valence-electron chi connectivity index (χ2n) is 7.03. The van der Waals surface area contributed by atoms with E-state index >= 15 is 0 Å². The van der Waals surface area contributed by atoms with Gasteiger partial charge in [-0.1, -0.05) is 24.3 Å². The molecule has 0 saturated carbocycles. The van der Waals surface area contributed by atoms with Crippen LogP contribution in [0.3, 0.4) is 0 Å². The van der Waals surface area contributed by atoms with Gasteiger partial charge in [-0.05, 0) is 56.0 Å². The highest BCUT2D eigenvalue weighted by Crippen LogP contribution is 2.30. The smallest absolute Gasteiger partial charge is 0.251 e. The van der Waals surface area contributed by atoms with Crippen LogP contribution in [-0.4, -0.2) is 38.8 Å². The first-order chi connectivity index (χ1) is 13.3. The number of carbonyl (C=O) groups excluding carboxylic acids is 1. The number of amides is 1. The van der Waals surface area contributed by atoms with Gasteiger partial charge in [-0.3, -0.25) is 4.79 Å². The van der Waals surface area contributed by atoms with Crippen LogP contribution >= 0.6 is 0 Å². The maximum Gasteiger partial charge on any atom is 0.251 e. The molecule has 1 amide bonds. The Labute approximate surface area is 166 Å². The predicted octanol–water partition coefficient (Wildman–Crippen LogP) is 3.28. The van der Waals surface area contributed by atoms with Gasteiger partial charge in [0.2, 0.25) is 10.0 Å². The molecule has 1 heterocycles. The summed E-state index contributed by atoms with van der Waals surface area (Å²) < 4.78 is 32.7. The summed E-state index contributed by atoms with van der Waals surface area (Å²) in [5.41, 5.74) is 2.40. The van der Waals surface area contributed by atoms with E-state index in [4.69, 9.17) is 4.74 Å². The Balaban J connectivity index is 1.88.